The Bertz CT molecular complexity index is 1030. The minimum absolute atomic E-state index is 0.439. The van der Waals surface area contributed by atoms with E-state index in [0.29, 0.717) is 12.1 Å². The molecule has 1 N–H and O–H groups in total. The van der Waals surface area contributed by atoms with Crippen molar-refractivity contribution in [2.75, 3.05) is 0 Å². The predicted molar refractivity (Wildman–Crippen MR) is 119 cm³/mol. The van der Waals surface area contributed by atoms with Crippen molar-refractivity contribution in [1.29, 1.82) is 0 Å². The van der Waals surface area contributed by atoms with E-state index in [9.17, 15) is 0 Å². The Hall–Kier alpha value is -2.32. The van der Waals surface area contributed by atoms with Crippen LogP contribution in [0, 0.1) is 0 Å². The molecule has 28 heavy (non-hydrogen) atoms. The molecule has 2 nitrogen and oxygen atoms in total. The van der Waals surface area contributed by atoms with E-state index in [-0.39, 0.29) is 0 Å². The number of benzene rings is 3. The molecule has 2 atom stereocenters. The highest BCUT2D eigenvalue weighted by molar-refractivity contribution is 6.32. The van der Waals surface area contributed by atoms with Crippen molar-refractivity contribution in [2.45, 2.75) is 50.6 Å². The maximum absolute atomic E-state index is 6.66. The second-order valence-corrected chi connectivity index (χ2v) is 8.39. The highest BCUT2D eigenvalue weighted by Gasteiger charge is 2.32. The Morgan fingerprint density at radius 3 is 2.64 bits per heavy atom. The quantitative estimate of drug-likeness (QED) is 0.587. The number of fused-ring (bicyclic) bond motifs is 2. The van der Waals surface area contributed by atoms with Crippen molar-refractivity contribution in [1.82, 2.24) is 5.32 Å². The van der Waals surface area contributed by atoms with E-state index >= 15 is 0 Å². The lowest BCUT2D eigenvalue weighted by atomic mass is 9.92. The molecule has 1 aliphatic carbocycles. The van der Waals surface area contributed by atoms with Gasteiger partial charge in [-0.3, -0.25) is 4.99 Å². The topological polar surface area (TPSA) is 24.4 Å². The molecule has 0 spiro atoms. The number of halogens is 1. The zero-order valence-corrected chi connectivity index (χ0v) is 16.8. The average molecular weight is 389 g/mol. The van der Waals surface area contributed by atoms with Gasteiger partial charge in [-0.1, -0.05) is 79.0 Å². The minimum Gasteiger partial charge on any atom is -0.365 e. The van der Waals surface area contributed by atoms with E-state index in [0.717, 1.165) is 23.7 Å². The van der Waals surface area contributed by atoms with Gasteiger partial charge in [0.05, 0.1) is 6.04 Å². The molecule has 1 aliphatic heterocycles. The van der Waals surface area contributed by atoms with Gasteiger partial charge in [0.15, 0.2) is 0 Å². The molecule has 1 saturated carbocycles. The molecule has 5 rings (SSSR count). The van der Waals surface area contributed by atoms with Gasteiger partial charge in [-0.05, 0) is 53.6 Å². The van der Waals surface area contributed by atoms with Crippen molar-refractivity contribution in [3.8, 4) is 0 Å². The molecule has 0 aromatic heterocycles. The molecule has 0 bridgehead atoms. The van der Waals surface area contributed by atoms with Gasteiger partial charge in [0.25, 0.3) is 0 Å². The molecular weight excluding hydrogens is 364 g/mol. The van der Waals surface area contributed by atoms with Gasteiger partial charge in [0.1, 0.15) is 5.84 Å². The summed E-state index contributed by atoms with van der Waals surface area (Å²) in [6.07, 6.45) is 6.91. The number of aliphatic imine (C=N–C) groups is 1. The minimum atomic E-state index is 0.439. The Kier molecular flexibility index (Phi) is 4.82. The van der Waals surface area contributed by atoms with Gasteiger partial charge in [-0.2, -0.15) is 0 Å². The van der Waals surface area contributed by atoms with Crippen LogP contribution in [0.2, 0.25) is 5.02 Å². The average Bonchev–Trinajstić information content (AvgIpc) is 3.17. The number of amidine groups is 1. The maximum Gasteiger partial charge on any atom is 0.129 e. The normalized spacial score (nSPS) is 21.2. The van der Waals surface area contributed by atoms with Crippen molar-refractivity contribution in [2.24, 2.45) is 4.99 Å². The smallest absolute Gasteiger partial charge is 0.129 e. The summed E-state index contributed by atoms with van der Waals surface area (Å²) in [5.74, 6) is 1.05. The van der Waals surface area contributed by atoms with E-state index in [4.69, 9.17) is 16.6 Å². The molecule has 0 amide bonds. The fourth-order valence-corrected chi connectivity index (χ4v) is 5.03. The Morgan fingerprint density at radius 2 is 1.71 bits per heavy atom. The first-order chi connectivity index (χ1) is 13.8. The number of rotatable bonds is 4. The van der Waals surface area contributed by atoms with Crippen LogP contribution >= 0.6 is 11.6 Å². The number of hydrogen-bond donors (Lipinski definition) is 1. The van der Waals surface area contributed by atoms with E-state index in [1.165, 1.54) is 53.1 Å². The van der Waals surface area contributed by atoms with Crippen molar-refractivity contribution in [3.63, 3.8) is 0 Å². The first-order valence-electron chi connectivity index (χ1n) is 10.4. The third kappa shape index (κ3) is 3.31. The largest absolute Gasteiger partial charge is 0.365 e. The summed E-state index contributed by atoms with van der Waals surface area (Å²) in [4.78, 5) is 5.03. The molecule has 2 unspecified atom stereocenters. The number of nitrogens with one attached hydrogen (secondary N) is 1. The second kappa shape index (κ2) is 7.60. The molecule has 3 aromatic rings. The molecular formula is C25H25ClN2. The van der Waals surface area contributed by atoms with Crippen LogP contribution in [0.5, 0.6) is 0 Å². The summed E-state index contributed by atoms with van der Waals surface area (Å²) in [6, 6.07) is 22.3. The third-order valence-electron chi connectivity index (χ3n) is 6.24. The predicted octanol–water partition coefficient (Wildman–Crippen LogP) is 5.94. The molecule has 2 aliphatic rings. The summed E-state index contributed by atoms with van der Waals surface area (Å²) in [6.45, 7) is 0. The number of aryl methyl sites for hydroxylation is 1. The van der Waals surface area contributed by atoms with Gasteiger partial charge in [-0.15, -0.1) is 0 Å². The Morgan fingerprint density at radius 1 is 0.893 bits per heavy atom. The van der Waals surface area contributed by atoms with Crippen LogP contribution < -0.4 is 5.32 Å². The Labute approximate surface area is 171 Å². The van der Waals surface area contributed by atoms with Gasteiger partial charge < -0.3 is 5.32 Å². The lowest BCUT2D eigenvalue weighted by Gasteiger charge is -2.23. The van der Waals surface area contributed by atoms with Crippen molar-refractivity contribution in [3.05, 3.63) is 82.4 Å². The Balaban J connectivity index is 1.44. The summed E-state index contributed by atoms with van der Waals surface area (Å²) < 4.78 is 0. The van der Waals surface area contributed by atoms with E-state index in [1.807, 2.05) is 12.1 Å². The summed E-state index contributed by atoms with van der Waals surface area (Å²) in [7, 11) is 0. The van der Waals surface area contributed by atoms with Gasteiger partial charge in [-0.25, -0.2) is 0 Å². The third-order valence-corrected chi connectivity index (χ3v) is 6.60. The van der Waals surface area contributed by atoms with Crippen LogP contribution in [0.3, 0.4) is 0 Å². The van der Waals surface area contributed by atoms with Crippen LogP contribution in [-0.4, -0.2) is 17.9 Å². The van der Waals surface area contributed by atoms with Crippen LogP contribution in [-0.2, 0) is 12.8 Å². The summed E-state index contributed by atoms with van der Waals surface area (Å²) >= 11 is 6.66. The number of nitrogens with zero attached hydrogens (tertiary/aromatic N) is 1. The fraction of sp³-hybridized carbons (Fsp3) is 0.320. The summed E-state index contributed by atoms with van der Waals surface area (Å²) in [5, 5.41) is 7.17. The molecule has 1 heterocycles. The molecule has 3 aromatic carbocycles. The number of hydrogen-bond acceptors (Lipinski definition) is 2. The van der Waals surface area contributed by atoms with E-state index in [1.54, 1.807) is 0 Å². The lowest BCUT2D eigenvalue weighted by molar-refractivity contribution is 0.385. The molecule has 0 radical (unpaired) electrons. The van der Waals surface area contributed by atoms with Crippen LogP contribution in [0.4, 0.5) is 0 Å². The fourth-order valence-electron chi connectivity index (χ4n) is 4.76. The molecule has 1 fully saturated rings. The van der Waals surface area contributed by atoms with E-state index < -0.39 is 0 Å². The SMILES string of the molecule is Clc1cccc(C2=NC3CCCCC3N2)c1CCc1cccc2ccccc12. The standard InChI is InChI=1S/C25H25ClN2/c26-22-12-6-11-21(25-27-23-13-3-4-14-24(23)28-25)20(22)16-15-18-9-5-8-17-7-1-2-10-19(17)18/h1-2,5-12,23-24H,3-4,13-16H2,(H,27,28). The zero-order valence-electron chi connectivity index (χ0n) is 16.0. The van der Waals surface area contributed by atoms with Gasteiger partial charge in [0, 0.05) is 16.6 Å². The van der Waals surface area contributed by atoms with Crippen LogP contribution in [0.15, 0.2) is 65.7 Å². The monoisotopic (exact) mass is 388 g/mol. The highest BCUT2D eigenvalue weighted by Crippen LogP contribution is 2.30. The summed E-state index contributed by atoms with van der Waals surface area (Å²) in [5.41, 5.74) is 3.77. The van der Waals surface area contributed by atoms with Gasteiger partial charge >= 0.3 is 0 Å². The van der Waals surface area contributed by atoms with Crippen molar-refractivity contribution >= 4 is 28.2 Å². The van der Waals surface area contributed by atoms with Gasteiger partial charge in [0.2, 0.25) is 0 Å². The maximum atomic E-state index is 6.66. The first-order valence-corrected chi connectivity index (χ1v) is 10.8. The van der Waals surface area contributed by atoms with Crippen LogP contribution in [0.1, 0.15) is 42.4 Å². The molecule has 142 valence electrons. The van der Waals surface area contributed by atoms with E-state index in [2.05, 4.69) is 53.8 Å². The van der Waals surface area contributed by atoms with Crippen molar-refractivity contribution < 1.29 is 0 Å². The highest BCUT2D eigenvalue weighted by atomic mass is 35.5. The second-order valence-electron chi connectivity index (χ2n) is 7.98. The lowest BCUT2D eigenvalue weighted by Crippen LogP contribution is -2.37. The molecule has 0 saturated heterocycles. The van der Waals surface area contributed by atoms with Crippen LogP contribution in [0.25, 0.3) is 10.8 Å². The molecule has 3 heteroatoms. The first kappa shape index (κ1) is 17.8. The zero-order chi connectivity index (χ0) is 18.9.